The number of hydrazone groups is 1. The molecule has 0 radical (unpaired) electrons. The van der Waals surface area contributed by atoms with Crippen LogP contribution in [0.15, 0.2) is 52.0 Å². The molecule has 0 atom stereocenters. The molecule has 154 valence electrons. The number of nitrogens with one attached hydrogen (secondary N) is 2. The Labute approximate surface area is 181 Å². The first-order valence-electron chi connectivity index (χ1n) is 8.98. The van der Waals surface area contributed by atoms with Crippen molar-refractivity contribution in [2.75, 3.05) is 25.4 Å². The highest BCUT2D eigenvalue weighted by molar-refractivity contribution is 7.98. The van der Waals surface area contributed by atoms with Crippen LogP contribution in [-0.2, 0) is 5.75 Å². The molecule has 10 heteroatoms. The number of aromatic amines is 1. The van der Waals surface area contributed by atoms with E-state index in [4.69, 9.17) is 15.2 Å². The van der Waals surface area contributed by atoms with Crippen molar-refractivity contribution < 1.29 is 9.47 Å². The van der Waals surface area contributed by atoms with Gasteiger partial charge in [-0.3, -0.25) is 5.43 Å². The van der Waals surface area contributed by atoms with Crippen LogP contribution in [0.5, 0.6) is 11.5 Å². The number of hydrogen-bond acceptors (Lipinski definition) is 9. The lowest BCUT2D eigenvalue weighted by molar-refractivity contribution is 0.411. The highest BCUT2D eigenvalue weighted by Crippen LogP contribution is 2.29. The third kappa shape index (κ3) is 4.66. The molecular formula is C20H20N6O2S2. The fraction of sp³-hybridized carbons (Fsp3) is 0.150. The number of anilines is 2. The molecule has 0 aliphatic carbocycles. The molecule has 0 amide bonds. The van der Waals surface area contributed by atoms with Crippen molar-refractivity contribution in [1.29, 1.82) is 0 Å². The smallest absolute Gasteiger partial charge is 0.205 e. The van der Waals surface area contributed by atoms with Gasteiger partial charge in [-0.2, -0.15) is 5.10 Å². The first-order valence-corrected chi connectivity index (χ1v) is 10.8. The Balaban J connectivity index is 1.46. The molecule has 4 N–H and O–H groups in total. The summed E-state index contributed by atoms with van der Waals surface area (Å²) in [7, 11) is 3.32. The zero-order valence-corrected chi connectivity index (χ0v) is 18.0. The summed E-state index contributed by atoms with van der Waals surface area (Å²) in [5, 5.41) is 7.47. The maximum atomic E-state index is 5.61. The van der Waals surface area contributed by atoms with Gasteiger partial charge in [0.1, 0.15) is 17.3 Å². The summed E-state index contributed by atoms with van der Waals surface area (Å²) in [6.45, 7) is 0. The minimum Gasteiger partial charge on any atom is -0.497 e. The number of thioether (sulfide) groups is 1. The Kier molecular flexibility index (Phi) is 6.05. The Hall–Kier alpha value is -3.24. The average Bonchev–Trinajstić information content (AvgIpc) is 3.37. The van der Waals surface area contributed by atoms with Crippen molar-refractivity contribution in [3.05, 3.63) is 52.9 Å². The lowest BCUT2D eigenvalue weighted by Gasteiger charge is -2.08. The number of ether oxygens (including phenoxy) is 2. The molecule has 2 aromatic heterocycles. The number of nitrogen functional groups attached to an aromatic ring is 1. The molecule has 8 nitrogen and oxygen atoms in total. The van der Waals surface area contributed by atoms with Crippen LogP contribution in [0, 0.1) is 0 Å². The lowest BCUT2D eigenvalue weighted by Crippen LogP contribution is -1.95. The third-order valence-corrected chi connectivity index (χ3v) is 5.92. The highest BCUT2D eigenvalue weighted by Gasteiger charge is 2.09. The topological polar surface area (TPSA) is 110 Å². The number of rotatable bonds is 8. The van der Waals surface area contributed by atoms with E-state index in [1.807, 2.05) is 36.4 Å². The molecule has 0 unspecified atom stereocenters. The molecule has 0 bridgehead atoms. The minimum absolute atomic E-state index is 0.477. The first-order chi connectivity index (χ1) is 14.6. The van der Waals surface area contributed by atoms with Crippen molar-refractivity contribution >= 4 is 51.3 Å². The van der Waals surface area contributed by atoms with Crippen LogP contribution in [-0.4, -0.2) is 35.4 Å². The standard InChI is InChI=1S/C20H20N6O2S2/c1-27-14-4-5-15-16(8-14)24-19(23-15)29-10-13-7-12(3-6-17(13)28-2)9-22-26-20-25-18(21)11-30-20/h3-9,11H,10,21H2,1-2H3,(H,23,24)(H,25,26). The first kappa shape index (κ1) is 20.0. The van der Waals surface area contributed by atoms with Crippen LogP contribution in [0.2, 0.25) is 0 Å². The summed E-state index contributed by atoms with van der Waals surface area (Å²) in [6.07, 6.45) is 1.73. The second-order valence-corrected chi connectivity index (χ2v) is 8.05. The minimum atomic E-state index is 0.477. The number of H-pyrrole nitrogens is 1. The van der Waals surface area contributed by atoms with E-state index in [9.17, 15) is 0 Å². The number of fused-ring (bicyclic) bond motifs is 1. The van der Waals surface area contributed by atoms with E-state index in [1.54, 1.807) is 37.6 Å². The van der Waals surface area contributed by atoms with Crippen molar-refractivity contribution in [1.82, 2.24) is 15.0 Å². The molecule has 0 saturated carbocycles. The van der Waals surface area contributed by atoms with Crippen molar-refractivity contribution in [3.8, 4) is 11.5 Å². The van der Waals surface area contributed by atoms with Gasteiger partial charge in [0, 0.05) is 22.8 Å². The van der Waals surface area contributed by atoms with E-state index in [-0.39, 0.29) is 0 Å². The number of hydrogen-bond donors (Lipinski definition) is 3. The summed E-state index contributed by atoms with van der Waals surface area (Å²) in [4.78, 5) is 12.1. The van der Waals surface area contributed by atoms with Gasteiger partial charge in [0.2, 0.25) is 5.13 Å². The SMILES string of the molecule is COc1ccc2nc(SCc3cc(C=NNc4nc(N)cs4)ccc3OC)[nH]c2c1. The summed E-state index contributed by atoms with van der Waals surface area (Å²) in [5.41, 5.74) is 12.3. The Morgan fingerprint density at radius 2 is 2.10 bits per heavy atom. The normalized spacial score (nSPS) is 11.3. The fourth-order valence-electron chi connectivity index (χ4n) is 2.80. The maximum absolute atomic E-state index is 5.61. The second-order valence-electron chi connectivity index (χ2n) is 6.23. The van der Waals surface area contributed by atoms with Gasteiger partial charge in [-0.1, -0.05) is 11.8 Å². The number of nitrogens with zero attached hydrogens (tertiary/aromatic N) is 3. The van der Waals surface area contributed by atoms with Crippen LogP contribution >= 0.6 is 23.1 Å². The quantitative estimate of drug-likeness (QED) is 0.212. The van der Waals surface area contributed by atoms with Gasteiger partial charge in [0.05, 0.1) is 31.5 Å². The molecule has 0 aliphatic rings. The molecule has 2 heterocycles. The number of thiazole rings is 1. The number of nitrogens with two attached hydrogens (primary N) is 1. The predicted octanol–water partition coefficient (Wildman–Crippen LogP) is 4.36. The summed E-state index contributed by atoms with van der Waals surface area (Å²) in [5.74, 6) is 2.78. The molecule has 4 aromatic rings. The Morgan fingerprint density at radius 3 is 2.87 bits per heavy atom. The van der Waals surface area contributed by atoms with Crippen LogP contribution in [0.3, 0.4) is 0 Å². The van der Waals surface area contributed by atoms with Crippen LogP contribution in [0.25, 0.3) is 11.0 Å². The third-order valence-electron chi connectivity index (χ3n) is 4.23. The van der Waals surface area contributed by atoms with E-state index >= 15 is 0 Å². The van der Waals surface area contributed by atoms with Gasteiger partial charge in [0.15, 0.2) is 5.16 Å². The zero-order chi connectivity index (χ0) is 20.9. The summed E-state index contributed by atoms with van der Waals surface area (Å²) in [6, 6.07) is 11.7. The molecule has 0 fully saturated rings. The van der Waals surface area contributed by atoms with E-state index in [2.05, 4.69) is 25.5 Å². The van der Waals surface area contributed by atoms with Gasteiger partial charge < -0.3 is 20.2 Å². The Bertz CT molecular complexity index is 1190. The van der Waals surface area contributed by atoms with Crippen LogP contribution in [0.4, 0.5) is 10.9 Å². The van der Waals surface area contributed by atoms with E-state index in [0.29, 0.717) is 16.7 Å². The summed E-state index contributed by atoms with van der Waals surface area (Å²) >= 11 is 3.01. The largest absolute Gasteiger partial charge is 0.497 e. The van der Waals surface area contributed by atoms with Crippen molar-refractivity contribution in [2.24, 2.45) is 5.10 Å². The van der Waals surface area contributed by atoms with Crippen LogP contribution < -0.4 is 20.6 Å². The van der Waals surface area contributed by atoms with Gasteiger partial charge in [-0.25, -0.2) is 9.97 Å². The fourth-order valence-corrected chi connectivity index (χ4v) is 4.21. The van der Waals surface area contributed by atoms with E-state index in [1.165, 1.54) is 11.3 Å². The molecule has 4 rings (SSSR count). The second kappa shape index (κ2) is 9.06. The lowest BCUT2D eigenvalue weighted by atomic mass is 10.1. The van der Waals surface area contributed by atoms with E-state index < -0.39 is 0 Å². The molecular weight excluding hydrogens is 420 g/mol. The summed E-state index contributed by atoms with van der Waals surface area (Å²) < 4.78 is 10.8. The van der Waals surface area contributed by atoms with Crippen LogP contribution in [0.1, 0.15) is 11.1 Å². The van der Waals surface area contributed by atoms with E-state index in [0.717, 1.165) is 38.8 Å². The predicted molar refractivity (Wildman–Crippen MR) is 123 cm³/mol. The number of benzene rings is 2. The number of imidazole rings is 1. The Morgan fingerprint density at radius 1 is 1.20 bits per heavy atom. The molecule has 0 spiro atoms. The van der Waals surface area contributed by atoms with Crippen molar-refractivity contribution in [3.63, 3.8) is 0 Å². The monoisotopic (exact) mass is 440 g/mol. The molecule has 0 saturated heterocycles. The number of aromatic nitrogens is 3. The average molecular weight is 441 g/mol. The van der Waals surface area contributed by atoms with Gasteiger partial charge >= 0.3 is 0 Å². The van der Waals surface area contributed by atoms with Gasteiger partial charge in [0.25, 0.3) is 0 Å². The van der Waals surface area contributed by atoms with Gasteiger partial charge in [-0.05, 0) is 35.9 Å². The molecule has 2 aromatic carbocycles. The van der Waals surface area contributed by atoms with Gasteiger partial charge in [-0.15, -0.1) is 11.3 Å². The molecule has 30 heavy (non-hydrogen) atoms. The highest BCUT2D eigenvalue weighted by atomic mass is 32.2. The van der Waals surface area contributed by atoms with Crippen molar-refractivity contribution in [2.45, 2.75) is 10.9 Å². The zero-order valence-electron chi connectivity index (χ0n) is 16.4. The maximum Gasteiger partial charge on any atom is 0.205 e. The molecule has 0 aliphatic heterocycles. The number of methoxy groups -OCH3 is 2.